The maximum Gasteiger partial charge on any atom is 0.471 e. The molecule has 0 spiro atoms. The number of alkyl halides is 3. The molecule has 1 N–H and O–H groups in total. The minimum Gasteiger partial charge on any atom is -0.348 e. The number of piperidine rings is 1. The van der Waals surface area contributed by atoms with Crippen LogP contribution in [0.1, 0.15) is 37.4 Å². The minimum atomic E-state index is -4.71. The molecule has 0 aromatic carbocycles. The monoisotopic (exact) mass is 375 g/mol. The van der Waals surface area contributed by atoms with Crippen molar-refractivity contribution in [1.29, 1.82) is 0 Å². The maximum absolute atomic E-state index is 12.4. The summed E-state index contributed by atoms with van der Waals surface area (Å²) in [5.41, 5.74) is 0. The number of hydrogen-bond acceptors (Lipinski definition) is 5. The molecule has 3 rings (SSSR count). The van der Waals surface area contributed by atoms with Gasteiger partial charge >= 0.3 is 18.1 Å². The number of urea groups is 1. The predicted octanol–water partition coefficient (Wildman–Crippen LogP) is 1.63. The van der Waals surface area contributed by atoms with Gasteiger partial charge in [-0.3, -0.25) is 4.79 Å². The molecule has 11 heteroatoms. The van der Waals surface area contributed by atoms with E-state index in [1.807, 2.05) is 0 Å². The summed E-state index contributed by atoms with van der Waals surface area (Å²) in [7, 11) is 0. The van der Waals surface area contributed by atoms with Crippen molar-refractivity contribution >= 4 is 11.9 Å². The fraction of sp³-hybridized carbons (Fsp3) is 0.733. The van der Waals surface area contributed by atoms with Crippen LogP contribution in [0.15, 0.2) is 4.52 Å². The molecule has 3 heterocycles. The molecular weight excluding hydrogens is 355 g/mol. The summed E-state index contributed by atoms with van der Waals surface area (Å²) >= 11 is 0. The van der Waals surface area contributed by atoms with Crippen LogP contribution < -0.4 is 5.32 Å². The van der Waals surface area contributed by atoms with Gasteiger partial charge in [-0.05, 0) is 25.7 Å². The van der Waals surface area contributed by atoms with Gasteiger partial charge in [-0.2, -0.15) is 18.2 Å². The molecule has 1 atom stereocenters. The average molecular weight is 375 g/mol. The summed E-state index contributed by atoms with van der Waals surface area (Å²) in [4.78, 5) is 31.4. The second kappa shape index (κ2) is 7.50. The van der Waals surface area contributed by atoms with E-state index in [-0.39, 0.29) is 24.3 Å². The molecule has 0 saturated carbocycles. The smallest absolute Gasteiger partial charge is 0.348 e. The lowest BCUT2D eigenvalue weighted by molar-refractivity contribution is -0.159. The molecule has 8 nitrogen and oxygen atoms in total. The SMILES string of the molecule is O=C(NCc1noc(C(F)(F)F)n1)[C@H]1CCCN(C(=O)N2CCCC2)C1. The Balaban J connectivity index is 1.51. The Bertz CT molecular complexity index is 657. The summed E-state index contributed by atoms with van der Waals surface area (Å²) in [5.74, 6) is -2.42. The van der Waals surface area contributed by atoms with E-state index in [1.165, 1.54) is 0 Å². The molecule has 1 aromatic rings. The summed E-state index contributed by atoms with van der Waals surface area (Å²) in [6.07, 6.45) is -1.40. The molecule has 2 aliphatic rings. The van der Waals surface area contributed by atoms with Gasteiger partial charge < -0.3 is 19.6 Å². The van der Waals surface area contributed by atoms with E-state index in [2.05, 4.69) is 20.0 Å². The first-order valence-corrected chi connectivity index (χ1v) is 8.56. The van der Waals surface area contributed by atoms with Gasteiger partial charge in [0.1, 0.15) is 0 Å². The Morgan fingerprint density at radius 2 is 1.85 bits per heavy atom. The van der Waals surface area contributed by atoms with Crippen molar-refractivity contribution < 1.29 is 27.3 Å². The minimum absolute atomic E-state index is 0.0482. The van der Waals surface area contributed by atoms with E-state index in [4.69, 9.17) is 0 Å². The van der Waals surface area contributed by atoms with E-state index in [0.717, 1.165) is 25.9 Å². The highest BCUT2D eigenvalue weighted by Crippen LogP contribution is 2.27. The van der Waals surface area contributed by atoms with Crippen molar-refractivity contribution in [3.8, 4) is 0 Å². The lowest BCUT2D eigenvalue weighted by Crippen LogP contribution is -2.49. The predicted molar refractivity (Wildman–Crippen MR) is 81.6 cm³/mol. The van der Waals surface area contributed by atoms with Gasteiger partial charge in [0.25, 0.3) is 0 Å². The molecule has 2 fully saturated rings. The van der Waals surface area contributed by atoms with E-state index in [1.54, 1.807) is 9.80 Å². The number of carbonyl (C=O) groups excluding carboxylic acids is 2. The molecule has 0 radical (unpaired) electrons. The first kappa shape index (κ1) is 18.5. The van der Waals surface area contributed by atoms with Crippen LogP contribution in [0.25, 0.3) is 0 Å². The van der Waals surface area contributed by atoms with Crippen LogP contribution in [0.2, 0.25) is 0 Å². The van der Waals surface area contributed by atoms with Gasteiger partial charge in [-0.1, -0.05) is 5.16 Å². The fourth-order valence-electron chi connectivity index (χ4n) is 3.22. The zero-order valence-corrected chi connectivity index (χ0v) is 14.1. The first-order chi connectivity index (χ1) is 12.3. The fourth-order valence-corrected chi connectivity index (χ4v) is 3.22. The second-order valence-corrected chi connectivity index (χ2v) is 6.49. The molecule has 26 heavy (non-hydrogen) atoms. The Kier molecular flexibility index (Phi) is 5.33. The van der Waals surface area contributed by atoms with Gasteiger partial charge in [0, 0.05) is 26.2 Å². The molecule has 3 amide bonds. The number of likely N-dealkylation sites (tertiary alicyclic amines) is 2. The Morgan fingerprint density at radius 3 is 2.50 bits per heavy atom. The quantitative estimate of drug-likeness (QED) is 0.867. The highest BCUT2D eigenvalue weighted by atomic mass is 19.4. The van der Waals surface area contributed by atoms with Crippen LogP contribution in [0, 0.1) is 5.92 Å². The molecule has 2 aliphatic heterocycles. The van der Waals surface area contributed by atoms with Gasteiger partial charge in [0.05, 0.1) is 12.5 Å². The molecule has 1 aromatic heterocycles. The van der Waals surface area contributed by atoms with E-state index < -0.39 is 18.0 Å². The van der Waals surface area contributed by atoms with Crippen LogP contribution in [0.5, 0.6) is 0 Å². The number of hydrogen-bond donors (Lipinski definition) is 1. The van der Waals surface area contributed by atoms with E-state index in [9.17, 15) is 22.8 Å². The summed E-state index contributed by atoms with van der Waals surface area (Å²) in [6.45, 7) is 2.15. The zero-order valence-electron chi connectivity index (χ0n) is 14.1. The number of aromatic nitrogens is 2. The van der Waals surface area contributed by atoms with Gasteiger partial charge in [0.15, 0.2) is 5.82 Å². The number of nitrogens with one attached hydrogen (secondary N) is 1. The number of nitrogens with zero attached hydrogens (tertiary/aromatic N) is 4. The highest BCUT2D eigenvalue weighted by Gasteiger charge is 2.38. The zero-order chi connectivity index (χ0) is 18.7. The number of halogens is 3. The summed E-state index contributed by atoms with van der Waals surface area (Å²) in [6, 6.07) is -0.0482. The molecule has 0 bridgehead atoms. The third-order valence-electron chi connectivity index (χ3n) is 4.57. The largest absolute Gasteiger partial charge is 0.471 e. The standard InChI is InChI=1S/C15H20F3N5O3/c16-15(17,18)13-20-11(21-26-13)8-19-12(24)10-4-3-7-23(9-10)14(25)22-5-1-2-6-22/h10H,1-9H2,(H,19,24)/t10-/m0/s1. The van der Waals surface area contributed by atoms with Crippen LogP contribution in [0.3, 0.4) is 0 Å². The summed E-state index contributed by atoms with van der Waals surface area (Å²) < 4.78 is 41.4. The molecule has 0 aliphatic carbocycles. The van der Waals surface area contributed by atoms with Crippen LogP contribution >= 0.6 is 0 Å². The third-order valence-corrected chi connectivity index (χ3v) is 4.57. The van der Waals surface area contributed by atoms with Crippen molar-refractivity contribution in [2.45, 2.75) is 38.4 Å². The van der Waals surface area contributed by atoms with Crippen molar-refractivity contribution in [2.24, 2.45) is 5.92 Å². The lowest BCUT2D eigenvalue weighted by Gasteiger charge is -2.34. The van der Waals surface area contributed by atoms with Crippen LogP contribution in [0.4, 0.5) is 18.0 Å². The van der Waals surface area contributed by atoms with Crippen LogP contribution in [-0.4, -0.2) is 58.1 Å². The first-order valence-electron chi connectivity index (χ1n) is 8.56. The molecular formula is C15H20F3N5O3. The topological polar surface area (TPSA) is 91.6 Å². The van der Waals surface area contributed by atoms with Crippen LogP contribution in [-0.2, 0) is 17.5 Å². The second-order valence-electron chi connectivity index (χ2n) is 6.49. The molecule has 0 unspecified atom stereocenters. The van der Waals surface area contributed by atoms with Gasteiger partial charge in [0.2, 0.25) is 5.91 Å². The van der Waals surface area contributed by atoms with Crippen molar-refractivity contribution in [1.82, 2.24) is 25.3 Å². The van der Waals surface area contributed by atoms with E-state index >= 15 is 0 Å². The Morgan fingerprint density at radius 1 is 1.15 bits per heavy atom. The van der Waals surface area contributed by atoms with Gasteiger partial charge in [-0.25, -0.2) is 4.79 Å². The number of carbonyl (C=O) groups is 2. The van der Waals surface area contributed by atoms with Crippen molar-refractivity contribution in [3.05, 3.63) is 11.7 Å². The van der Waals surface area contributed by atoms with E-state index in [0.29, 0.717) is 25.9 Å². The van der Waals surface area contributed by atoms with Crippen molar-refractivity contribution in [3.63, 3.8) is 0 Å². The average Bonchev–Trinajstić information content (AvgIpc) is 3.30. The number of amides is 3. The Labute approximate surface area is 147 Å². The van der Waals surface area contributed by atoms with Gasteiger partial charge in [-0.15, -0.1) is 0 Å². The maximum atomic E-state index is 12.4. The number of rotatable bonds is 3. The molecule has 2 saturated heterocycles. The summed E-state index contributed by atoms with van der Waals surface area (Å²) in [5, 5.41) is 5.72. The lowest BCUT2D eigenvalue weighted by atomic mass is 9.97. The Hall–Kier alpha value is -2.33. The third kappa shape index (κ3) is 4.25. The normalized spacial score (nSPS) is 21.1. The van der Waals surface area contributed by atoms with Crippen molar-refractivity contribution in [2.75, 3.05) is 26.2 Å². The highest BCUT2D eigenvalue weighted by molar-refractivity contribution is 5.80. The molecule has 144 valence electrons.